The Balaban J connectivity index is 1.72. The zero-order valence-corrected chi connectivity index (χ0v) is 7.87. The number of nitrogens with zero attached hydrogens (tertiary/aromatic N) is 1. The molecule has 0 spiro atoms. The minimum atomic E-state index is 0.649. The standard InChI is InChI=1S/C10H17N3/c1-2-7-13(6-1)8-3-10-9-11-4-5-12-10/h1-2,6-7,10-12H,3-5,8-9H2/t10-/m0/s1. The van der Waals surface area contributed by atoms with Crippen LogP contribution in [-0.2, 0) is 6.54 Å². The molecule has 2 rings (SSSR count). The Morgan fingerprint density at radius 2 is 2.08 bits per heavy atom. The van der Waals surface area contributed by atoms with Crippen LogP contribution in [-0.4, -0.2) is 30.2 Å². The van der Waals surface area contributed by atoms with E-state index in [1.54, 1.807) is 0 Å². The molecule has 2 N–H and O–H groups in total. The predicted molar refractivity (Wildman–Crippen MR) is 53.7 cm³/mol. The van der Waals surface area contributed by atoms with Crippen LogP contribution in [0, 0.1) is 0 Å². The molecule has 1 fully saturated rings. The highest BCUT2D eigenvalue weighted by Gasteiger charge is 2.10. The summed E-state index contributed by atoms with van der Waals surface area (Å²) >= 11 is 0. The van der Waals surface area contributed by atoms with Crippen molar-refractivity contribution >= 4 is 0 Å². The molecule has 1 atom stereocenters. The number of rotatable bonds is 3. The number of aromatic nitrogens is 1. The summed E-state index contributed by atoms with van der Waals surface area (Å²) in [6.45, 7) is 4.45. The van der Waals surface area contributed by atoms with Crippen molar-refractivity contribution in [3.8, 4) is 0 Å². The van der Waals surface area contributed by atoms with Gasteiger partial charge in [-0.05, 0) is 18.6 Å². The van der Waals surface area contributed by atoms with Crippen LogP contribution in [0.5, 0.6) is 0 Å². The molecule has 1 aromatic heterocycles. The molecule has 2 heterocycles. The van der Waals surface area contributed by atoms with E-state index in [1.807, 2.05) is 0 Å². The van der Waals surface area contributed by atoms with Crippen molar-refractivity contribution in [1.82, 2.24) is 15.2 Å². The summed E-state index contributed by atoms with van der Waals surface area (Å²) in [5.41, 5.74) is 0. The highest BCUT2D eigenvalue weighted by Crippen LogP contribution is 1.98. The molecule has 3 heteroatoms. The molecule has 0 aliphatic carbocycles. The third-order valence-electron chi connectivity index (χ3n) is 2.53. The van der Waals surface area contributed by atoms with Gasteiger partial charge in [-0.15, -0.1) is 0 Å². The van der Waals surface area contributed by atoms with E-state index in [9.17, 15) is 0 Å². The van der Waals surface area contributed by atoms with E-state index < -0.39 is 0 Å². The summed E-state index contributed by atoms with van der Waals surface area (Å²) in [6, 6.07) is 4.80. The molecule has 0 unspecified atom stereocenters. The summed E-state index contributed by atoms with van der Waals surface area (Å²) in [6.07, 6.45) is 5.45. The first-order valence-corrected chi connectivity index (χ1v) is 5.00. The first-order chi connectivity index (χ1) is 6.45. The summed E-state index contributed by atoms with van der Waals surface area (Å²) in [5, 5.41) is 6.90. The lowest BCUT2D eigenvalue weighted by Crippen LogP contribution is -2.48. The van der Waals surface area contributed by atoms with Gasteiger partial charge in [-0.1, -0.05) is 0 Å². The first kappa shape index (κ1) is 8.78. The van der Waals surface area contributed by atoms with Gasteiger partial charge in [0.25, 0.3) is 0 Å². The van der Waals surface area contributed by atoms with E-state index in [0.717, 1.165) is 26.2 Å². The van der Waals surface area contributed by atoms with Crippen LogP contribution < -0.4 is 10.6 Å². The molecule has 1 aliphatic heterocycles. The van der Waals surface area contributed by atoms with Gasteiger partial charge in [0, 0.05) is 44.6 Å². The van der Waals surface area contributed by atoms with Crippen LogP contribution >= 0.6 is 0 Å². The van der Waals surface area contributed by atoms with Crippen LogP contribution in [0.1, 0.15) is 6.42 Å². The summed E-state index contributed by atoms with van der Waals surface area (Å²) in [5.74, 6) is 0. The molecule has 0 radical (unpaired) electrons. The second-order valence-corrected chi connectivity index (χ2v) is 3.56. The summed E-state index contributed by atoms with van der Waals surface area (Å²) in [4.78, 5) is 0. The van der Waals surface area contributed by atoms with Gasteiger partial charge in [-0.3, -0.25) is 0 Å². The van der Waals surface area contributed by atoms with Crippen LogP contribution in [0.25, 0.3) is 0 Å². The van der Waals surface area contributed by atoms with E-state index in [4.69, 9.17) is 0 Å². The third kappa shape index (κ3) is 2.57. The fraction of sp³-hybridized carbons (Fsp3) is 0.600. The maximum absolute atomic E-state index is 3.51. The smallest absolute Gasteiger partial charge is 0.0234 e. The number of nitrogens with one attached hydrogen (secondary N) is 2. The lowest BCUT2D eigenvalue weighted by molar-refractivity contribution is 0.383. The van der Waals surface area contributed by atoms with Crippen molar-refractivity contribution in [3.05, 3.63) is 24.5 Å². The minimum Gasteiger partial charge on any atom is -0.354 e. The molecule has 0 saturated carbocycles. The molecule has 13 heavy (non-hydrogen) atoms. The lowest BCUT2D eigenvalue weighted by atomic mass is 10.1. The van der Waals surface area contributed by atoms with Crippen LogP contribution in [0.2, 0.25) is 0 Å². The van der Waals surface area contributed by atoms with Gasteiger partial charge >= 0.3 is 0 Å². The summed E-state index contributed by atoms with van der Waals surface area (Å²) in [7, 11) is 0. The number of aryl methyl sites for hydroxylation is 1. The van der Waals surface area contributed by atoms with Crippen molar-refractivity contribution in [1.29, 1.82) is 0 Å². The zero-order chi connectivity index (χ0) is 8.93. The molecule has 1 saturated heterocycles. The fourth-order valence-electron chi connectivity index (χ4n) is 1.74. The van der Waals surface area contributed by atoms with Crippen LogP contribution in [0.3, 0.4) is 0 Å². The Morgan fingerprint density at radius 3 is 2.77 bits per heavy atom. The number of hydrogen-bond acceptors (Lipinski definition) is 2. The predicted octanol–water partition coefficient (Wildman–Crippen LogP) is 0.440. The second kappa shape index (κ2) is 4.44. The third-order valence-corrected chi connectivity index (χ3v) is 2.53. The Morgan fingerprint density at radius 1 is 1.23 bits per heavy atom. The molecule has 72 valence electrons. The Labute approximate surface area is 79.1 Å². The quantitative estimate of drug-likeness (QED) is 0.705. The largest absolute Gasteiger partial charge is 0.354 e. The SMILES string of the molecule is c1ccn(CC[C@H]2CNCCN2)c1. The molecule has 0 aromatic carbocycles. The van der Waals surface area contributed by atoms with Gasteiger partial charge in [0.1, 0.15) is 0 Å². The first-order valence-electron chi connectivity index (χ1n) is 5.00. The summed E-state index contributed by atoms with van der Waals surface area (Å²) < 4.78 is 2.23. The average molecular weight is 179 g/mol. The van der Waals surface area contributed by atoms with Crippen LogP contribution in [0.4, 0.5) is 0 Å². The van der Waals surface area contributed by atoms with Crippen molar-refractivity contribution in [2.45, 2.75) is 19.0 Å². The van der Waals surface area contributed by atoms with Gasteiger partial charge in [0.05, 0.1) is 0 Å². The normalized spacial score (nSPS) is 23.2. The van der Waals surface area contributed by atoms with Crippen molar-refractivity contribution in [2.24, 2.45) is 0 Å². The van der Waals surface area contributed by atoms with Gasteiger partial charge < -0.3 is 15.2 Å². The average Bonchev–Trinajstić information content (AvgIpc) is 2.69. The zero-order valence-electron chi connectivity index (χ0n) is 7.87. The maximum Gasteiger partial charge on any atom is 0.0234 e. The molecule has 3 nitrogen and oxygen atoms in total. The molecule has 1 aliphatic rings. The minimum absolute atomic E-state index is 0.649. The van der Waals surface area contributed by atoms with Gasteiger partial charge in [-0.25, -0.2) is 0 Å². The number of hydrogen-bond donors (Lipinski definition) is 2. The molecule has 0 bridgehead atoms. The molecular weight excluding hydrogens is 162 g/mol. The van der Waals surface area contributed by atoms with E-state index in [2.05, 4.69) is 39.7 Å². The Kier molecular flexibility index (Phi) is 3.00. The molecule has 1 aromatic rings. The highest BCUT2D eigenvalue weighted by molar-refractivity contribution is 4.90. The van der Waals surface area contributed by atoms with Crippen molar-refractivity contribution in [3.63, 3.8) is 0 Å². The van der Waals surface area contributed by atoms with Crippen LogP contribution in [0.15, 0.2) is 24.5 Å². The van der Waals surface area contributed by atoms with E-state index in [0.29, 0.717) is 6.04 Å². The Bertz CT molecular complexity index is 224. The van der Waals surface area contributed by atoms with E-state index in [1.165, 1.54) is 6.42 Å². The van der Waals surface area contributed by atoms with E-state index in [-0.39, 0.29) is 0 Å². The van der Waals surface area contributed by atoms with Gasteiger partial charge in [0.2, 0.25) is 0 Å². The number of piperazine rings is 1. The molecular formula is C10H17N3. The van der Waals surface area contributed by atoms with Gasteiger partial charge in [0.15, 0.2) is 0 Å². The maximum atomic E-state index is 3.51. The second-order valence-electron chi connectivity index (χ2n) is 3.56. The van der Waals surface area contributed by atoms with Gasteiger partial charge in [-0.2, -0.15) is 0 Å². The van der Waals surface area contributed by atoms with Crippen molar-refractivity contribution < 1.29 is 0 Å². The topological polar surface area (TPSA) is 29.0 Å². The highest BCUT2D eigenvalue weighted by atomic mass is 15.1. The lowest BCUT2D eigenvalue weighted by Gasteiger charge is -2.24. The fourth-order valence-corrected chi connectivity index (χ4v) is 1.74. The Hall–Kier alpha value is -0.800. The van der Waals surface area contributed by atoms with E-state index >= 15 is 0 Å². The van der Waals surface area contributed by atoms with Crippen molar-refractivity contribution in [2.75, 3.05) is 19.6 Å². The monoisotopic (exact) mass is 179 g/mol. The molecule has 0 amide bonds.